The van der Waals surface area contributed by atoms with Gasteiger partial charge in [-0.25, -0.2) is 0 Å². The van der Waals surface area contributed by atoms with E-state index in [1.54, 1.807) is 7.11 Å². The Morgan fingerprint density at radius 3 is 2.52 bits per heavy atom. The van der Waals surface area contributed by atoms with E-state index < -0.39 is 0 Å². The van der Waals surface area contributed by atoms with Gasteiger partial charge in [-0.05, 0) is 63.4 Å². The van der Waals surface area contributed by atoms with Gasteiger partial charge in [0.25, 0.3) is 0 Å². The van der Waals surface area contributed by atoms with E-state index in [1.165, 1.54) is 11.3 Å². The van der Waals surface area contributed by atoms with E-state index in [2.05, 4.69) is 46.7 Å². The van der Waals surface area contributed by atoms with Gasteiger partial charge in [0.15, 0.2) is 0 Å². The number of nitrogens with one attached hydrogen (secondary N) is 2. The molecule has 0 atom stereocenters. The maximum atomic E-state index is 13.2. The van der Waals surface area contributed by atoms with Gasteiger partial charge in [-0.15, -0.1) is 24.8 Å². The van der Waals surface area contributed by atoms with Gasteiger partial charge < -0.3 is 20.3 Å². The van der Waals surface area contributed by atoms with Crippen LogP contribution in [-0.4, -0.2) is 56.7 Å². The maximum absolute atomic E-state index is 13.2. The van der Waals surface area contributed by atoms with Gasteiger partial charge >= 0.3 is 0 Å². The minimum Gasteiger partial charge on any atom is -0.384 e. The molecule has 2 saturated heterocycles. The summed E-state index contributed by atoms with van der Waals surface area (Å²) in [6.07, 6.45) is 3.75. The fourth-order valence-corrected chi connectivity index (χ4v) is 4.13. The Hall–Kier alpha value is -1.01. The lowest BCUT2D eigenvalue weighted by Crippen LogP contribution is -2.54. The zero-order valence-electron chi connectivity index (χ0n) is 16.3. The first-order chi connectivity index (χ1) is 12.1. The number of hydrogen-bond acceptors (Lipinski definition) is 4. The molecule has 0 spiro atoms. The third-order valence-electron chi connectivity index (χ3n) is 5.61. The predicted molar refractivity (Wildman–Crippen MR) is 115 cm³/mol. The molecule has 1 aromatic carbocycles. The molecule has 0 radical (unpaired) electrons. The quantitative estimate of drug-likeness (QED) is 0.771. The summed E-state index contributed by atoms with van der Waals surface area (Å²) in [5.41, 5.74) is 2.13. The lowest BCUT2D eigenvalue weighted by Gasteiger charge is -2.42. The summed E-state index contributed by atoms with van der Waals surface area (Å²) in [6, 6.07) is 8.94. The molecule has 2 fully saturated rings. The second-order valence-corrected chi connectivity index (χ2v) is 7.54. The van der Waals surface area contributed by atoms with Crippen molar-refractivity contribution in [2.75, 3.05) is 45.2 Å². The monoisotopic (exact) mass is 417 g/mol. The molecule has 154 valence electrons. The first-order valence-electron chi connectivity index (χ1n) is 9.45. The summed E-state index contributed by atoms with van der Waals surface area (Å²) < 4.78 is 5.42. The maximum Gasteiger partial charge on any atom is 0.231 e. The van der Waals surface area contributed by atoms with E-state index in [0.717, 1.165) is 51.9 Å². The van der Waals surface area contributed by atoms with E-state index in [9.17, 15) is 4.79 Å². The molecule has 7 heteroatoms. The van der Waals surface area contributed by atoms with Gasteiger partial charge in [-0.3, -0.25) is 4.79 Å². The van der Waals surface area contributed by atoms with E-state index in [0.29, 0.717) is 18.6 Å². The predicted octanol–water partition coefficient (Wildman–Crippen LogP) is 3.26. The van der Waals surface area contributed by atoms with Crippen molar-refractivity contribution < 1.29 is 9.53 Å². The van der Waals surface area contributed by atoms with Gasteiger partial charge in [0.2, 0.25) is 5.91 Å². The van der Waals surface area contributed by atoms with Gasteiger partial charge in [-0.2, -0.15) is 0 Å². The first-order valence-corrected chi connectivity index (χ1v) is 9.45. The number of hydrogen-bond donors (Lipinski definition) is 2. The largest absolute Gasteiger partial charge is 0.384 e. The van der Waals surface area contributed by atoms with Crippen molar-refractivity contribution in [3.63, 3.8) is 0 Å². The number of methoxy groups -OCH3 is 1. The summed E-state index contributed by atoms with van der Waals surface area (Å²) in [4.78, 5) is 15.2. The van der Waals surface area contributed by atoms with E-state index >= 15 is 0 Å². The summed E-state index contributed by atoms with van der Waals surface area (Å²) in [5.74, 6) is 0.296. The fraction of sp³-hybridized carbons (Fsp3) is 0.650. The number of ether oxygens (including phenoxy) is 1. The van der Waals surface area contributed by atoms with Crippen molar-refractivity contribution >= 4 is 36.4 Å². The number of rotatable bonds is 5. The normalized spacial score (nSPS) is 19.6. The van der Waals surface area contributed by atoms with Crippen LogP contribution in [0.1, 0.15) is 31.2 Å². The Balaban J connectivity index is 0.00000182. The molecule has 3 rings (SSSR count). The molecule has 0 saturated carbocycles. The van der Waals surface area contributed by atoms with Crippen molar-refractivity contribution in [3.05, 3.63) is 29.8 Å². The van der Waals surface area contributed by atoms with Crippen molar-refractivity contribution in [1.82, 2.24) is 10.2 Å². The van der Waals surface area contributed by atoms with Crippen molar-refractivity contribution in [1.29, 1.82) is 0 Å². The zero-order valence-corrected chi connectivity index (χ0v) is 18.0. The SMILES string of the molecule is COCC1(C(=O)N2CCC(Nc3cccc(C)c3)CC2)CCNCC1.Cl.Cl. The highest BCUT2D eigenvalue weighted by atomic mass is 35.5. The van der Waals surface area contributed by atoms with Gasteiger partial charge in [0.05, 0.1) is 12.0 Å². The highest BCUT2D eigenvalue weighted by Gasteiger charge is 2.42. The third-order valence-corrected chi connectivity index (χ3v) is 5.61. The molecule has 0 aliphatic carbocycles. The van der Waals surface area contributed by atoms with E-state index in [1.807, 2.05) is 0 Å². The van der Waals surface area contributed by atoms with Crippen molar-refractivity contribution in [2.24, 2.45) is 5.41 Å². The molecule has 0 bridgehead atoms. The first kappa shape index (κ1) is 24.0. The lowest BCUT2D eigenvalue weighted by atomic mass is 9.78. The van der Waals surface area contributed by atoms with Crippen LogP contribution in [0.25, 0.3) is 0 Å². The fourth-order valence-electron chi connectivity index (χ4n) is 4.13. The number of nitrogens with zero attached hydrogens (tertiary/aromatic N) is 1. The average Bonchev–Trinajstić information content (AvgIpc) is 2.63. The Kier molecular flexibility index (Phi) is 9.88. The Bertz CT molecular complexity index is 581. The van der Waals surface area contributed by atoms with E-state index in [-0.39, 0.29) is 30.2 Å². The summed E-state index contributed by atoms with van der Waals surface area (Å²) in [6.45, 7) is 6.12. The smallest absolute Gasteiger partial charge is 0.231 e. The van der Waals surface area contributed by atoms with Crippen molar-refractivity contribution in [2.45, 2.75) is 38.6 Å². The number of anilines is 1. The summed E-state index contributed by atoms with van der Waals surface area (Å²) in [5, 5.41) is 6.98. The molecule has 1 amide bonds. The van der Waals surface area contributed by atoms with Crippen molar-refractivity contribution in [3.8, 4) is 0 Å². The van der Waals surface area contributed by atoms with Crippen LogP contribution in [0.3, 0.4) is 0 Å². The lowest BCUT2D eigenvalue weighted by molar-refractivity contribution is -0.148. The third kappa shape index (κ3) is 5.98. The molecule has 2 heterocycles. The topological polar surface area (TPSA) is 53.6 Å². The number of carbonyl (C=O) groups is 1. The van der Waals surface area contributed by atoms with Crippen LogP contribution in [-0.2, 0) is 9.53 Å². The van der Waals surface area contributed by atoms with Crippen LogP contribution in [0.5, 0.6) is 0 Å². The molecule has 2 N–H and O–H groups in total. The Morgan fingerprint density at radius 2 is 1.93 bits per heavy atom. The molecule has 27 heavy (non-hydrogen) atoms. The van der Waals surface area contributed by atoms with Crippen LogP contribution >= 0.6 is 24.8 Å². The van der Waals surface area contributed by atoms with Crippen LogP contribution < -0.4 is 10.6 Å². The molecular weight excluding hydrogens is 385 g/mol. The second kappa shape index (κ2) is 11.1. The minimum absolute atomic E-state index is 0. The number of aryl methyl sites for hydroxylation is 1. The Morgan fingerprint density at radius 1 is 1.26 bits per heavy atom. The highest BCUT2D eigenvalue weighted by molar-refractivity contribution is 5.85. The molecule has 0 unspecified atom stereocenters. The minimum atomic E-state index is -0.323. The zero-order chi connectivity index (χ0) is 17.7. The van der Waals surface area contributed by atoms with Gasteiger partial charge in [0, 0.05) is 31.9 Å². The number of likely N-dealkylation sites (tertiary alicyclic amines) is 1. The number of benzene rings is 1. The molecule has 0 aromatic heterocycles. The summed E-state index contributed by atoms with van der Waals surface area (Å²) in [7, 11) is 1.70. The van der Waals surface area contributed by atoms with Crippen LogP contribution in [0.15, 0.2) is 24.3 Å². The Labute approximate surface area is 175 Å². The number of amides is 1. The molecule has 2 aliphatic rings. The summed E-state index contributed by atoms with van der Waals surface area (Å²) >= 11 is 0. The number of piperidine rings is 2. The molecular formula is C20H33Cl2N3O2. The molecule has 2 aliphatic heterocycles. The van der Waals surface area contributed by atoms with Crippen LogP contribution in [0, 0.1) is 12.3 Å². The number of halogens is 2. The van der Waals surface area contributed by atoms with Gasteiger partial charge in [-0.1, -0.05) is 12.1 Å². The molecule has 5 nitrogen and oxygen atoms in total. The molecule has 1 aromatic rings. The standard InChI is InChI=1S/C20H31N3O2.2ClH/c1-16-4-3-5-18(14-16)22-17-6-12-23(13-7-17)19(24)20(15-25-2)8-10-21-11-9-20;;/h3-5,14,17,21-22H,6-13,15H2,1-2H3;2*1H. The van der Waals surface area contributed by atoms with Crippen LogP contribution in [0.2, 0.25) is 0 Å². The number of carbonyl (C=O) groups excluding carboxylic acids is 1. The highest BCUT2D eigenvalue weighted by Crippen LogP contribution is 2.33. The average molecular weight is 418 g/mol. The second-order valence-electron chi connectivity index (χ2n) is 7.54. The van der Waals surface area contributed by atoms with Gasteiger partial charge in [0.1, 0.15) is 0 Å². The van der Waals surface area contributed by atoms with Crippen LogP contribution in [0.4, 0.5) is 5.69 Å². The van der Waals surface area contributed by atoms with E-state index in [4.69, 9.17) is 4.74 Å².